The zero-order valence-corrected chi connectivity index (χ0v) is 12.1. The Morgan fingerprint density at radius 2 is 2.25 bits per heavy atom. The molecule has 3 rings (SSSR count). The van der Waals surface area contributed by atoms with Crippen LogP contribution in [0.2, 0.25) is 0 Å². The Bertz CT molecular complexity index is 587. The van der Waals surface area contributed by atoms with Crippen molar-refractivity contribution in [3.63, 3.8) is 0 Å². The van der Waals surface area contributed by atoms with Crippen molar-refractivity contribution < 1.29 is 4.74 Å². The highest BCUT2D eigenvalue weighted by atomic mass is 16.5. The van der Waals surface area contributed by atoms with Gasteiger partial charge in [-0.3, -0.25) is 4.68 Å². The molecule has 106 valence electrons. The van der Waals surface area contributed by atoms with Crippen molar-refractivity contribution in [2.75, 3.05) is 7.11 Å². The fourth-order valence-electron chi connectivity index (χ4n) is 2.34. The number of nitrogens with zero attached hydrogens (tertiary/aromatic N) is 2. The number of rotatable bonds is 6. The van der Waals surface area contributed by atoms with Gasteiger partial charge in [0.1, 0.15) is 5.75 Å². The van der Waals surface area contributed by atoms with Gasteiger partial charge < -0.3 is 10.1 Å². The number of aryl methyl sites for hydroxylation is 1. The normalized spacial score (nSPS) is 14.5. The van der Waals surface area contributed by atoms with Gasteiger partial charge in [-0.25, -0.2) is 0 Å². The second kappa shape index (κ2) is 5.67. The lowest BCUT2D eigenvalue weighted by atomic mass is 10.1. The molecule has 1 aliphatic rings. The standard InChI is InChI=1S/C16H21N3O/c1-12-8-18-19(10-12)11-14-7-13(3-6-16(14)20-2)9-17-15-4-5-15/h3,6-8,10,15,17H,4-5,9,11H2,1-2H3. The molecule has 1 aromatic carbocycles. The third-order valence-corrected chi connectivity index (χ3v) is 3.61. The van der Waals surface area contributed by atoms with E-state index in [1.165, 1.54) is 29.5 Å². The van der Waals surface area contributed by atoms with Gasteiger partial charge in [-0.1, -0.05) is 6.07 Å². The first kappa shape index (κ1) is 13.2. The summed E-state index contributed by atoms with van der Waals surface area (Å²) >= 11 is 0. The van der Waals surface area contributed by atoms with E-state index in [4.69, 9.17) is 4.74 Å². The average Bonchev–Trinajstić information content (AvgIpc) is 3.19. The Hall–Kier alpha value is -1.81. The van der Waals surface area contributed by atoms with Crippen LogP contribution in [-0.4, -0.2) is 22.9 Å². The lowest BCUT2D eigenvalue weighted by Crippen LogP contribution is -2.15. The summed E-state index contributed by atoms with van der Waals surface area (Å²) in [6, 6.07) is 7.13. The SMILES string of the molecule is COc1ccc(CNC2CC2)cc1Cn1cc(C)cn1. The van der Waals surface area contributed by atoms with Crippen molar-refractivity contribution in [3.8, 4) is 5.75 Å². The summed E-state index contributed by atoms with van der Waals surface area (Å²) in [6.45, 7) is 3.73. The first-order chi connectivity index (χ1) is 9.74. The van der Waals surface area contributed by atoms with Gasteiger partial charge in [0.15, 0.2) is 0 Å². The Morgan fingerprint density at radius 3 is 2.90 bits per heavy atom. The van der Waals surface area contributed by atoms with E-state index >= 15 is 0 Å². The van der Waals surface area contributed by atoms with E-state index in [-0.39, 0.29) is 0 Å². The summed E-state index contributed by atoms with van der Waals surface area (Å²) < 4.78 is 7.41. The zero-order valence-electron chi connectivity index (χ0n) is 12.1. The molecule has 1 aliphatic carbocycles. The maximum Gasteiger partial charge on any atom is 0.123 e. The number of nitrogens with one attached hydrogen (secondary N) is 1. The van der Waals surface area contributed by atoms with Crippen molar-refractivity contribution in [1.82, 2.24) is 15.1 Å². The van der Waals surface area contributed by atoms with Crippen molar-refractivity contribution in [3.05, 3.63) is 47.3 Å². The van der Waals surface area contributed by atoms with Crippen molar-refractivity contribution >= 4 is 0 Å². The molecule has 0 saturated heterocycles. The molecule has 0 unspecified atom stereocenters. The van der Waals surface area contributed by atoms with Crippen LogP contribution in [0.1, 0.15) is 29.5 Å². The number of ether oxygens (including phenoxy) is 1. The predicted molar refractivity (Wildman–Crippen MR) is 78.9 cm³/mol. The second-order valence-corrected chi connectivity index (χ2v) is 5.52. The van der Waals surface area contributed by atoms with Gasteiger partial charge in [0.25, 0.3) is 0 Å². The number of benzene rings is 1. The van der Waals surface area contributed by atoms with Crippen LogP contribution < -0.4 is 10.1 Å². The molecule has 0 spiro atoms. The highest BCUT2D eigenvalue weighted by Gasteiger charge is 2.20. The van der Waals surface area contributed by atoms with E-state index in [1.54, 1.807) is 7.11 Å². The largest absolute Gasteiger partial charge is 0.496 e. The monoisotopic (exact) mass is 271 g/mol. The molecule has 4 nitrogen and oxygen atoms in total. The molecule has 4 heteroatoms. The number of hydrogen-bond acceptors (Lipinski definition) is 3. The van der Waals surface area contributed by atoms with Gasteiger partial charge in [0, 0.05) is 24.3 Å². The lowest BCUT2D eigenvalue weighted by molar-refractivity contribution is 0.407. The molecule has 1 N–H and O–H groups in total. The maximum absolute atomic E-state index is 5.46. The van der Waals surface area contributed by atoms with E-state index in [2.05, 4.69) is 41.7 Å². The summed E-state index contributed by atoms with van der Waals surface area (Å²) in [5.74, 6) is 0.924. The summed E-state index contributed by atoms with van der Waals surface area (Å²) in [5.41, 5.74) is 3.65. The average molecular weight is 271 g/mol. The third-order valence-electron chi connectivity index (χ3n) is 3.61. The number of aromatic nitrogens is 2. The summed E-state index contributed by atoms with van der Waals surface area (Å²) in [7, 11) is 1.72. The first-order valence-electron chi connectivity index (χ1n) is 7.13. The van der Waals surface area contributed by atoms with Gasteiger partial charge in [0.2, 0.25) is 0 Å². The first-order valence-corrected chi connectivity index (χ1v) is 7.13. The molecular weight excluding hydrogens is 250 g/mol. The Morgan fingerprint density at radius 1 is 1.40 bits per heavy atom. The molecule has 0 bridgehead atoms. The second-order valence-electron chi connectivity index (χ2n) is 5.52. The van der Waals surface area contributed by atoms with E-state index in [0.717, 1.165) is 24.9 Å². The van der Waals surface area contributed by atoms with Crippen LogP contribution in [0.3, 0.4) is 0 Å². The molecule has 1 heterocycles. The summed E-state index contributed by atoms with van der Waals surface area (Å²) in [4.78, 5) is 0. The van der Waals surface area contributed by atoms with Crippen molar-refractivity contribution in [2.45, 2.75) is 38.9 Å². The molecule has 20 heavy (non-hydrogen) atoms. The molecule has 1 saturated carbocycles. The molecular formula is C16H21N3O. The highest BCUT2D eigenvalue weighted by molar-refractivity contribution is 5.37. The summed E-state index contributed by atoms with van der Waals surface area (Å²) in [6.07, 6.45) is 6.56. The Labute approximate surface area is 119 Å². The fourth-order valence-corrected chi connectivity index (χ4v) is 2.34. The van der Waals surface area contributed by atoms with Crippen molar-refractivity contribution in [2.24, 2.45) is 0 Å². The predicted octanol–water partition coefficient (Wildman–Crippen LogP) is 2.50. The molecule has 0 aliphatic heterocycles. The van der Waals surface area contributed by atoms with Crippen LogP contribution in [0.15, 0.2) is 30.6 Å². The Balaban J connectivity index is 1.76. The molecule has 2 aromatic rings. The van der Waals surface area contributed by atoms with E-state index < -0.39 is 0 Å². The van der Waals surface area contributed by atoms with Crippen LogP contribution in [0.5, 0.6) is 5.75 Å². The van der Waals surface area contributed by atoms with Crippen LogP contribution in [-0.2, 0) is 13.1 Å². The quantitative estimate of drug-likeness (QED) is 0.877. The van der Waals surface area contributed by atoms with E-state index in [1.807, 2.05) is 10.9 Å². The van der Waals surface area contributed by atoms with Crippen LogP contribution in [0.4, 0.5) is 0 Å². The van der Waals surface area contributed by atoms with Gasteiger partial charge in [-0.15, -0.1) is 0 Å². The van der Waals surface area contributed by atoms with Crippen molar-refractivity contribution in [1.29, 1.82) is 0 Å². The van der Waals surface area contributed by atoms with E-state index in [0.29, 0.717) is 0 Å². The minimum absolute atomic E-state index is 0.731. The maximum atomic E-state index is 5.46. The molecule has 0 radical (unpaired) electrons. The van der Waals surface area contributed by atoms with Crippen LogP contribution >= 0.6 is 0 Å². The molecule has 1 aromatic heterocycles. The van der Waals surface area contributed by atoms with Gasteiger partial charge in [-0.05, 0) is 43.0 Å². The van der Waals surface area contributed by atoms with Gasteiger partial charge in [0.05, 0.1) is 19.9 Å². The number of methoxy groups -OCH3 is 1. The van der Waals surface area contributed by atoms with Crippen LogP contribution in [0.25, 0.3) is 0 Å². The fraction of sp³-hybridized carbons (Fsp3) is 0.438. The number of hydrogen-bond donors (Lipinski definition) is 1. The highest BCUT2D eigenvalue weighted by Crippen LogP contribution is 2.23. The van der Waals surface area contributed by atoms with E-state index in [9.17, 15) is 0 Å². The summed E-state index contributed by atoms with van der Waals surface area (Å²) in [5, 5.41) is 7.89. The Kier molecular flexibility index (Phi) is 3.74. The van der Waals surface area contributed by atoms with Gasteiger partial charge in [-0.2, -0.15) is 5.10 Å². The minimum atomic E-state index is 0.731. The van der Waals surface area contributed by atoms with Crippen LogP contribution in [0, 0.1) is 6.92 Å². The van der Waals surface area contributed by atoms with Gasteiger partial charge >= 0.3 is 0 Å². The smallest absolute Gasteiger partial charge is 0.123 e. The minimum Gasteiger partial charge on any atom is -0.496 e. The molecule has 0 atom stereocenters. The zero-order chi connectivity index (χ0) is 13.9. The molecule has 0 amide bonds. The topological polar surface area (TPSA) is 39.1 Å². The molecule has 1 fully saturated rings. The lowest BCUT2D eigenvalue weighted by Gasteiger charge is -2.11. The third kappa shape index (κ3) is 3.20.